The number of carbonyl (C=O) groups is 2. The Morgan fingerprint density at radius 3 is 2.70 bits per heavy atom. The van der Waals surface area contributed by atoms with Crippen molar-refractivity contribution in [3.05, 3.63) is 41.4 Å². The van der Waals surface area contributed by atoms with E-state index in [1.54, 1.807) is 11.0 Å². The van der Waals surface area contributed by atoms with Gasteiger partial charge in [0, 0.05) is 18.8 Å². The van der Waals surface area contributed by atoms with E-state index in [1.807, 2.05) is 6.92 Å². The summed E-state index contributed by atoms with van der Waals surface area (Å²) >= 11 is 5.85. The molecule has 0 unspecified atom stereocenters. The SMILES string of the molecule is C=CCN(CCC)C(=O)Nc1ccc(C(=O)O)c(Cl)c1. The number of hydrogen-bond donors (Lipinski definition) is 2. The number of amides is 2. The summed E-state index contributed by atoms with van der Waals surface area (Å²) in [5.74, 6) is -1.10. The average Bonchev–Trinajstić information content (AvgIpc) is 2.38. The van der Waals surface area contributed by atoms with Gasteiger partial charge in [0.05, 0.1) is 10.6 Å². The molecule has 0 radical (unpaired) electrons. The third kappa shape index (κ3) is 4.28. The maximum Gasteiger partial charge on any atom is 0.337 e. The molecule has 1 aromatic rings. The zero-order chi connectivity index (χ0) is 15.1. The van der Waals surface area contributed by atoms with Crippen LogP contribution in [0, 0.1) is 0 Å². The number of nitrogens with one attached hydrogen (secondary N) is 1. The van der Waals surface area contributed by atoms with Crippen LogP contribution in [0.2, 0.25) is 5.02 Å². The van der Waals surface area contributed by atoms with Gasteiger partial charge in [0.25, 0.3) is 0 Å². The van der Waals surface area contributed by atoms with E-state index < -0.39 is 5.97 Å². The fraction of sp³-hybridized carbons (Fsp3) is 0.286. The van der Waals surface area contributed by atoms with Gasteiger partial charge in [0.1, 0.15) is 0 Å². The van der Waals surface area contributed by atoms with E-state index in [2.05, 4.69) is 11.9 Å². The average molecular weight is 297 g/mol. The van der Waals surface area contributed by atoms with Crippen LogP contribution >= 0.6 is 11.6 Å². The molecule has 0 saturated heterocycles. The number of rotatable bonds is 6. The van der Waals surface area contributed by atoms with Gasteiger partial charge in [-0.1, -0.05) is 24.6 Å². The predicted octanol–water partition coefficient (Wildman–Crippen LogP) is 3.47. The maximum absolute atomic E-state index is 12.0. The van der Waals surface area contributed by atoms with Gasteiger partial charge in [-0.25, -0.2) is 9.59 Å². The highest BCUT2D eigenvalue weighted by molar-refractivity contribution is 6.33. The lowest BCUT2D eigenvalue weighted by Crippen LogP contribution is -2.35. The summed E-state index contributed by atoms with van der Waals surface area (Å²) in [5, 5.41) is 11.6. The van der Waals surface area contributed by atoms with E-state index in [4.69, 9.17) is 16.7 Å². The number of urea groups is 1. The van der Waals surface area contributed by atoms with E-state index in [0.29, 0.717) is 18.8 Å². The van der Waals surface area contributed by atoms with E-state index in [9.17, 15) is 9.59 Å². The number of carboxylic acids is 1. The Bertz CT molecular complexity index is 517. The van der Waals surface area contributed by atoms with Gasteiger partial charge in [-0.2, -0.15) is 0 Å². The summed E-state index contributed by atoms with van der Waals surface area (Å²) < 4.78 is 0. The molecule has 0 aliphatic heterocycles. The van der Waals surface area contributed by atoms with Crippen LogP contribution in [0.15, 0.2) is 30.9 Å². The molecule has 5 nitrogen and oxygen atoms in total. The normalized spacial score (nSPS) is 9.90. The van der Waals surface area contributed by atoms with Crippen molar-refractivity contribution >= 4 is 29.3 Å². The Hall–Kier alpha value is -2.01. The Kier molecular flexibility index (Phi) is 6.06. The van der Waals surface area contributed by atoms with Crippen LogP contribution in [-0.2, 0) is 0 Å². The molecule has 0 heterocycles. The number of aromatic carboxylic acids is 1. The smallest absolute Gasteiger partial charge is 0.337 e. The topological polar surface area (TPSA) is 69.6 Å². The first kappa shape index (κ1) is 16.0. The molecule has 0 fully saturated rings. The van der Waals surface area contributed by atoms with Gasteiger partial charge < -0.3 is 15.3 Å². The van der Waals surface area contributed by atoms with Crippen molar-refractivity contribution in [2.45, 2.75) is 13.3 Å². The monoisotopic (exact) mass is 296 g/mol. The van der Waals surface area contributed by atoms with Gasteiger partial charge in [0.15, 0.2) is 0 Å². The van der Waals surface area contributed by atoms with Crippen LogP contribution in [0.3, 0.4) is 0 Å². The molecular weight excluding hydrogens is 280 g/mol. The van der Waals surface area contributed by atoms with Crippen molar-refractivity contribution in [1.82, 2.24) is 4.90 Å². The minimum atomic E-state index is -1.10. The quantitative estimate of drug-likeness (QED) is 0.790. The lowest BCUT2D eigenvalue weighted by atomic mass is 10.2. The van der Waals surface area contributed by atoms with Crippen LogP contribution in [0.4, 0.5) is 10.5 Å². The molecule has 2 amide bonds. The summed E-state index contributed by atoms with van der Waals surface area (Å²) in [6.45, 7) is 6.64. The molecule has 0 atom stereocenters. The Balaban J connectivity index is 2.81. The highest BCUT2D eigenvalue weighted by atomic mass is 35.5. The zero-order valence-electron chi connectivity index (χ0n) is 11.2. The molecular formula is C14H17ClN2O3. The lowest BCUT2D eigenvalue weighted by Gasteiger charge is -2.21. The highest BCUT2D eigenvalue weighted by Crippen LogP contribution is 2.21. The summed E-state index contributed by atoms with van der Waals surface area (Å²) in [7, 11) is 0. The van der Waals surface area contributed by atoms with Gasteiger partial charge in [0.2, 0.25) is 0 Å². The fourth-order valence-corrected chi connectivity index (χ4v) is 1.93. The van der Waals surface area contributed by atoms with Crippen molar-refractivity contribution in [3.8, 4) is 0 Å². The summed E-state index contributed by atoms with van der Waals surface area (Å²) in [4.78, 5) is 24.5. The van der Waals surface area contributed by atoms with Crippen LogP contribution in [0.25, 0.3) is 0 Å². The van der Waals surface area contributed by atoms with Gasteiger partial charge in [-0.15, -0.1) is 6.58 Å². The number of hydrogen-bond acceptors (Lipinski definition) is 2. The second-order valence-corrected chi connectivity index (χ2v) is 4.57. The van der Waals surface area contributed by atoms with Crippen LogP contribution < -0.4 is 5.32 Å². The van der Waals surface area contributed by atoms with Crippen molar-refractivity contribution in [2.75, 3.05) is 18.4 Å². The minimum absolute atomic E-state index is 0.00108. The predicted molar refractivity (Wildman–Crippen MR) is 79.5 cm³/mol. The molecule has 6 heteroatoms. The number of carboxylic acid groups (broad SMARTS) is 1. The van der Waals surface area contributed by atoms with E-state index in [0.717, 1.165) is 6.42 Å². The molecule has 2 N–H and O–H groups in total. The van der Waals surface area contributed by atoms with Crippen LogP contribution in [-0.4, -0.2) is 35.1 Å². The maximum atomic E-state index is 12.0. The van der Waals surface area contributed by atoms with Gasteiger partial charge in [-0.3, -0.25) is 0 Å². The molecule has 1 aromatic carbocycles. The third-order valence-electron chi connectivity index (χ3n) is 2.58. The number of benzene rings is 1. The van der Waals surface area contributed by atoms with Crippen molar-refractivity contribution in [2.24, 2.45) is 0 Å². The molecule has 0 spiro atoms. The first-order valence-electron chi connectivity index (χ1n) is 6.19. The number of anilines is 1. The molecule has 108 valence electrons. The van der Waals surface area contributed by atoms with Crippen LogP contribution in [0.5, 0.6) is 0 Å². The van der Waals surface area contributed by atoms with Crippen LogP contribution in [0.1, 0.15) is 23.7 Å². The number of halogens is 1. The van der Waals surface area contributed by atoms with E-state index in [1.165, 1.54) is 18.2 Å². The van der Waals surface area contributed by atoms with Crippen molar-refractivity contribution < 1.29 is 14.7 Å². The molecule has 1 rings (SSSR count). The van der Waals surface area contributed by atoms with E-state index in [-0.39, 0.29) is 16.6 Å². The molecule has 0 aliphatic carbocycles. The number of nitrogens with zero attached hydrogens (tertiary/aromatic N) is 1. The van der Waals surface area contributed by atoms with E-state index >= 15 is 0 Å². The number of carbonyl (C=O) groups excluding carboxylic acids is 1. The largest absolute Gasteiger partial charge is 0.478 e. The van der Waals surface area contributed by atoms with Gasteiger partial charge >= 0.3 is 12.0 Å². The highest BCUT2D eigenvalue weighted by Gasteiger charge is 2.13. The zero-order valence-corrected chi connectivity index (χ0v) is 12.0. The molecule has 0 aliphatic rings. The molecule has 0 aromatic heterocycles. The Labute approximate surface area is 122 Å². The van der Waals surface area contributed by atoms with Crippen molar-refractivity contribution in [1.29, 1.82) is 0 Å². The third-order valence-corrected chi connectivity index (χ3v) is 2.89. The minimum Gasteiger partial charge on any atom is -0.478 e. The molecule has 20 heavy (non-hydrogen) atoms. The Morgan fingerprint density at radius 2 is 2.20 bits per heavy atom. The lowest BCUT2D eigenvalue weighted by molar-refractivity contribution is 0.0697. The first-order chi connectivity index (χ1) is 9.49. The first-order valence-corrected chi connectivity index (χ1v) is 6.57. The summed E-state index contributed by atoms with van der Waals surface area (Å²) in [6.07, 6.45) is 2.48. The second kappa shape index (κ2) is 7.55. The molecule has 0 saturated carbocycles. The summed E-state index contributed by atoms with van der Waals surface area (Å²) in [6, 6.07) is 4.01. The van der Waals surface area contributed by atoms with Crippen molar-refractivity contribution in [3.63, 3.8) is 0 Å². The van der Waals surface area contributed by atoms with Gasteiger partial charge in [-0.05, 0) is 24.6 Å². The summed E-state index contributed by atoms with van der Waals surface area (Å²) in [5.41, 5.74) is 0.455. The standard InChI is InChI=1S/C14H17ClN2O3/c1-3-7-17(8-4-2)14(20)16-10-5-6-11(13(18)19)12(15)9-10/h3,5-6,9H,1,4,7-8H2,2H3,(H,16,20)(H,18,19). The second-order valence-electron chi connectivity index (χ2n) is 4.16. The Morgan fingerprint density at radius 1 is 1.50 bits per heavy atom. The fourth-order valence-electron chi connectivity index (χ4n) is 1.67. The molecule has 0 bridgehead atoms.